The van der Waals surface area contributed by atoms with Crippen LogP contribution in [-0.2, 0) is 10.2 Å². The largest absolute Gasteiger partial charge is 0.381 e. The number of rotatable bonds is 5. The minimum Gasteiger partial charge on any atom is -0.381 e. The van der Waals surface area contributed by atoms with E-state index in [9.17, 15) is 0 Å². The predicted molar refractivity (Wildman–Crippen MR) is 76.9 cm³/mol. The van der Waals surface area contributed by atoms with E-state index in [1.165, 1.54) is 37.7 Å². The van der Waals surface area contributed by atoms with Crippen molar-refractivity contribution in [1.82, 2.24) is 0 Å². The van der Waals surface area contributed by atoms with Crippen molar-refractivity contribution in [3.8, 4) is 0 Å². The first-order valence-corrected chi connectivity index (χ1v) is 7.40. The second-order valence-corrected chi connectivity index (χ2v) is 5.77. The van der Waals surface area contributed by atoms with Crippen LogP contribution in [0.4, 0.5) is 0 Å². The second kappa shape index (κ2) is 6.38. The molecule has 1 atom stereocenters. The Hall–Kier alpha value is -0.820. The molecule has 2 rings (SSSR count). The molecular weight excluding hydrogens is 220 g/mol. The lowest BCUT2D eigenvalue weighted by Crippen LogP contribution is -2.36. The Morgan fingerprint density at radius 2 is 1.83 bits per heavy atom. The van der Waals surface area contributed by atoms with Crippen molar-refractivity contribution < 1.29 is 4.74 Å². The summed E-state index contributed by atoms with van der Waals surface area (Å²) in [5.74, 6) is 0.778. The summed E-state index contributed by atoms with van der Waals surface area (Å²) in [5, 5.41) is 0. The van der Waals surface area contributed by atoms with Gasteiger partial charge in [0, 0.05) is 13.2 Å². The highest BCUT2D eigenvalue weighted by atomic mass is 16.5. The molecule has 1 saturated heterocycles. The second-order valence-electron chi connectivity index (χ2n) is 5.77. The average Bonchev–Trinajstić information content (AvgIpc) is 2.46. The zero-order valence-electron chi connectivity index (χ0n) is 11.8. The van der Waals surface area contributed by atoms with E-state index in [-0.39, 0.29) is 0 Å². The van der Waals surface area contributed by atoms with Crippen LogP contribution in [0.25, 0.3) is 0 Å². The van der Waals surface area contributed by atoms with Crippen molar-refractivity contribution in [3.63, 3.8) is 0 Å². The monoisotopic (exact) mass is 246 g/mol. The van der Waals surface area contributed by atoms with Crippen LogP contribution in [0, 0.1) is 5.92 Å². The Bertz CT molecular complexity index is 340. The maximum Gasteiger partial charge on any atom is 0.0469 e. The molecule has 1 heterocycles. The first-order valence-electron chi connectivity index (χ1n) is 7.40. The van der Waals surface area contributed by atoms with Crippen LogP contribution in [0.15, 0.2) is 30.3 Å². The third-order valence-electron chi connectivity index (χ3n) is 4.61. The van der Waals surface area contributed by atoms with Crippen molar-refractivity contribution in [2.45, 2.75) is 51.4 Å². The normalized spacial score (nSPS) is 20.6. The summed E-state index contributed by atoms with van der Waals surface area (Å²) in [5.41, 5.74) is 1.85. The van der Waals surface area contributed by atoms with Gasteiger partial charge in [0.2, 0.25) is 0 Å². The lowest BCUT2D eigenvalue weighted by Gasteiger charge is -2.40. The molecule has 100 valence electrons. The van der Waals surface area contributed by atoms with Crippen LogP contribution < -0.4 is 0 Å². The highest BCUT2D eigenvalue weighted by Gasteiger charge is 2.35. The van der Waals surface area contributed by atoms with Gasteiger partial charge in [-0.1, -0.05) is 57.0 Å². The Balaban J connectivity index is 2.21. The Kier molecular flexibility index (Phi) is 4.82. The molecule has 0 amide bonds. The van der Waals surface area contributed by atoms with Crippen molar-refractivity contribution in [3.05, 3.63) is 35.9 Å². The molecule has 1 heteroatoms. The Morgan fingerprint density at radius 1 is 1.17 bits per heavy atom. The summed E-state index contributed by atoms with van der Waals surface area (Å²) in [6.45, 7) is 6.64. The van der Waals surface area contributed by atoms with Crippen LogP contribution in [0.3, 0.4) is 0 Å². The van der Waals surface area contributed by atoms with E-state index in [1.807, 2.05) is 0 Å². The molecule has 1 fully saturated rings. The summed E-state index contributed by atoms with van der Waals surface area (Å²) in [6, 6.07) is 11.1. The van der Waals surface area contributed by atoms with Crippen LogP contribution in [0.1, 0.15) is 51.5 Å². The molecule has 1 aromatic rings. The summed E-state index contributed by atoms with van der Waals surface area (Å²) >= 11 is 0. The zero-order chi connectivity index (χ0) is 12.8. The first-order chi connectivity index (χ1) is 8.77. The number of hydrogen-bond donors (Lipinski definition) is 0. The van der Waals surface area contributed by atoms with E-state index in [0.29, 0.717) is 5.41 Å². The van der Waals surface area contributed by atoms with Crippen molar-refractivity contribution >= 4 is 0 Å². The molecule has 1 aliphatic heterocycles. The predicted octanol–water partition coefficient (Wildman–Crippen LogP) is 4.56. The van der Waals surface area contributed by atoms with Gasteiger partial charge in [-0.3, -0.25) is 0 Å². The molecule has 1 aliphatic rings. The maximum absolute atomic E-state index is 5.54. The summed E-state index contributed by atoms with van der Waals surface area (Å²) in [6.07, 6.45) is 6.34. The lowest BCUT2D eigenvalue weighted by molar-refractivity contribution is 0.0374. The highest BCUT2D eigenvalue weighted by Crippen LogP contribution is 2.41. The van der Waals surface area contributed by atoms with Crippen LogP contribution in [0.2, 0.25) is 0 Å². The maximum atomic E-state index is 5.54. The van der Waals surface area contributed by atoms with Gasteiger partial charge >= 0.3 is 0 Å². The molecule has 1 aromatic carbocycles. The summed E-state index contributed by atoms with van der Waals surface area (Å²) < 4.78 is 5.54. The molecule has 0 bridgehead atoms. The Morgan fingerprint density at radius 3 is 2.44 bits per heavy atom. The van der Waals surface area contributed by atoms with Crippen molar-refractivity contribution in [2.24, 2.45) is 5.92 Å². The summed E-state index contributed by atoms with van der Waals surface area (Å²) in [7, 11) is 0. The standard InChI is InChI=1S/C17H26O/c1-3-4-12-17(2,15-8-6-5-7-9-15)16-10-13-18-14-11-16/h5-9,16H,3-4,10-14H2,1-2H3. The van der Waals surface area contributed by atoms with Gasteiger partial charge in [-0.05, 0) is 36.2 Å². The fourth-order valence-electron chi connectivity index (χ4n) is 3.28. The van der Waals surface area contributed by atoms with Crippen molar-refractivity contribution in [1.29, 1.82) is 0 Å². The molecule has 1 nitrogen and oxygen atoms in total. The third-order valence-corrected chi connectivity index (χ3v) is 4.61. The van der Waals surface area contributed by atoms with Crippen LogP contribution in [-0.4, -0.2) is 13.2 Å². The number of benzene rings is 1. The van der Waals surface area contributed by atoms with E-state index in [0.717, 1.165) is 19.1 Å². The molecule has 0 aromatic heterocycles. The summed E-state index contributed by atoms with van der Waals surface area (Å²) in [4.78, 5) is 0. The van der Waals surface area contributed by atoms with E-state index >= 15 is 0 Å². The van der Waals surface area contributed by atoms with Gasteiger partial charge in [0.1, 0.15) is 0 Å². The molecule has 0 saturated carbocycles. The fourth-order valence-corrected chi connectivity index (χ4v) is 3.28. The van der Waals surface area contributed by atoms with Gasteiger partial charge in [-0.15, -0.1) is 0 Å². The van der Waals surface area contributed by atoms with Gasteiger partial charge in [0.05, 0.1) is 0 Å². The minimum absolute atomic E-state index is 0.334. The van der Waals surface area contributed by atoms with E-state index in [2.05, 4.69) is 44.2 Å². The number of ether oxygens (including phenoxy) is 1. The van der Waals surface area contributed by atoms with Gasteiger partial charge in [-0.2, -0.15) is 0 Å². The quantitative estimate of drug-likeness (QED) is 0.740. The molecular formula is C17H26O. The van der Waals surface area contributed by atoms with Crippen LogP contribution in [0.5, 0.6) is 0 Å². The van der Waals surface area contributed by atoms with E-state index in [1.54, 1.807) is 0 Å². The average molecular weight is 246 g/mol. The lowest BCUT2D eigenvalue weighted by atomic mass is 9.66. The SMILES string of the molecule is CCCCC(C)(c1ccccc1)C1CCOCC1. The van der Waals surface area contributed by atoms with Gasteiger partial charge in [-0.25, -0.2) is 0 Å². The Labute approximate surface area is 112 Å². The highest BCUT2D eigenvalue weighted by molar-refractivity contribution is 5.25. The minimum atomic E-state index is 0.334. The number of unbranched alkanes of at least 4 members (excludes halogenated alkanes) is 1. The first kappa shape index (κ1) is 13.6. The topological polar surface area (TPSA) is 9.23 Å². The number of hydrogen-bond acceptors (Lipinski definition) is 1. The third kappa shape index (κ3) is 2.95. The molecule has 0 aliphatic carbocycles. The van der Waals surface area contributed by atoms with Gasteiger partial charge in [0.25, 0.3) is 0 Å². The van der Waals surface area contributed by atoms with Gasteiger partial charge < -0.3 is 4.74 Å². The molecule has 0 N–H and O–H groups in total. The van der Waals surface area contributed by atoms with E-state index in [4.69, 9.17) is 4.74 Å². The van der Waals surface area contributed by atoms with Crippen molar-refractivity contribution in [2.75, 3.05) is 13.2 Å². The van der Waals surface area contributed by atoms with E-state index < -0.39 is 0 Å². The zero-order valence-corrected chi connectivity index (χ0v) is 11.8. The molecule has 0 spiro atoms. The van der Waals surface area contributed by atoms with Crippen LogP contribution >= 0.6 is 0 Å². The molecule has 0 radical (unpaired) electrons. The smallest absolute Gasteiger partial charge is 0.0469 e. The fraction of sp³-hybridized carbons (Fsp3) is 0.647. The molecule has 18 heavy (non-hydrogen) atoms. The van der Waals surface area contributed by atoms with Gasteiger partial charge in [0.15, 0.2) is 0 Å². The molecule has 1 unspecified atom stereocenters.